The predicted molar refractivity (Wildman–Crippen MR) is 64.1 cm³/mol. The number of hydrogen-bond donors (Lipinski definition) is 4. The van der Waals surface area contributed by atoms with Crippen molar-refractivity contribution in [3.05, 3.63) is 23.8 Å². The Morgan fingerprint density at radius 2 is 2.18 bits per heavy atom. The second kappa shape index (κ2) is 4.32. The van der Waals surface area contributed by atoms with E-state index in [2.05, 4.69) is 10.6 Å². The molecule has 0 radical (unpaired) electrons. The summed E-state index contributed by atoms with van der Waals surface area (Å²) in [4.78, 5) is 22.8. The smallest absolute Gasteiger partial charge is 0.253 e. The van der Waals surface area contributed by atoms with E-state index < -0.39 is 0 Å². The number of nitrogen functional groups attached to an aromatic ring is 2. The normalized spacial score (nSPS) is 18.8. The van der Waals surface area contributed by atoms with Gasteiger partial charge in [-0.3, -0.25) is 9.59 Å². The molecule has 1 saturated heterocycles. The highest BCUT2D eigenvalue weighted by atomic mass is 16.2. The molecule has 0 spiro atoms. The lowest BCUT2D eigenvalue weighted by molar-refractivity contribution is -0.119. The lowest BCUT2D eigenvalue weighted by Gasteiger charge is -2.12. The summed E-state index contributed by atoms with van der Waals surface area (Å²) in [5, 5.41) is 5.39. The van der Waals surface area contributed by atoms with Gasteiger partial charge in [0.15, 0.2) is 0 Å². The molecule has 0 aliphatic carbocycles. The molecule has 1 aliphatic rings. The molecule has 1 fully saturated rings. The third-order valence-electron chi connectivity index (χ3n) is 2.63. The molecule has 0 aromatic heterocycles. The van der Waals surface area contributed by atoms with Crippen LogP contribution in [0.1, 0.15) is 16.8 Å². The summed E-state index contributed by atoms with van der Waals surface area (Å²) >= 11 is 0. The fourth-order valence-electron chi connectivity index (χ4n) is 1.76. The van der Waals surface area contributed by atoms with E-state index in [1.54, 1.807) is 12.1 Å². The minimum atomic E-state index is -0.288. The summed E-state index contributed by atoms with van der Waals surface area (Å²) in [5.41, 5.74) is 12.5. The molecule has 2 rings (SSSR count). The number of nitrogens with two attached hydrogens (primary N) is 2. The van der Waals surface area contributed by atoms with Crippen LogP contribution < -0.4 is 22.1 Å². The summed E-state index contributed by atoms with van der Waals surface area (Å²) in [5.74, 6) is -0.343. The molecule has 1 atom stereocenters. The molecular weight excluding hydrogens is 220 g/mol. The number of nitrogens with one attached hydrogen (secondary N) is 2. The van der Waals surface area contributed by atoms with Gasteiger partial charge in [-0.2, -0.15) is 0 Å². The third-order valence-corrected chi connectivity index (χ3v) is 2.63. The van der Waals surface area contributed by atoms with Crippen molar-refractivity contribution >= 4 is 23.2 Å². The molecule has 90 valence electrons. The van der Waals surface area contributed by atoms with Crippen molar-refractivity contribution in [1.82, 2.24) is 10.6 Å². The first-order chi connectivity index (χ1) is 8.06. The van der Waals surface area contributed by atoms with E-state index in [4.69, 9.17) is 11.5 Å². The second-order valence-electron chi connectivity index (χ2n) is 4.03. The number of carbonyl (C=O) groups is 2. The first kappa shape index (κ1) is 11.3. The molecule has 1 aromatic rings. The molecule has 1 aromatic carbocycles. The molecule has 1 aliphatic heterocycles. The minimum absolute atomic E-state index is 0.0550. The van der Waals surface area contributed by atoms with Gasteiger partial charge >= 0.3 is 0 Å². The molecule has 1 unspecified atom stereocenters. The number of hydrogen-bond acceptors (Lipinski definition) is 4. The van der Waals surface area contributed by atoms with Gasteiger partial charge in [-0.1, -0.05) is 0 Å². The van der Waals surface area contributed by atoms with E-state index in [0.29, 0.717) is 29.9 Å². The van der Waals surface area contributed by atoms with Crippen LogP contribution in [0.5, 0.6) is 0 Å². The third kappa shape index (κ3) is 2.47. The van der Waals surface area contributed by atoms with Crippen LogP contribution in [-0.4, -0.2) is 24.4 Å². The van der Waals surface area contributed by atoms with Crippen molar-refractivity contribution in [2.75, 3.05) is 18.0 Å². The van der Waals surface area contributed by atoms with Gasteiger partial charge in [-0.05, 0) is 18.2 Å². The zero-order chi connectivity index (χ0) is 12.4. The first-order valence-electron chi connectivity index (χ1n) is 5.29. The quantitative estimate of drug-likeness (QED) is 0.515. The molecule has 0 saturated carbocycles. The largest absolute Gasteiger partial charge is 0.399 e. The molecule has 2 amide bonds. The Hall–Kier alpha value is -2.24. The lowest BCUT2D eigenvalue weighted by Crippen LogP contribution is -2.36. The lowest BCUT2D eigenvalue weighted by atomic mass is 10.1. The van der Waals surface area contributed by atoms with E-state index in [0.717, 1.165) is 0 Å². The molecule has 17 heavy (non-hydrogen) atoms. The standard InChI is InChI=1S/C11H14N4O2/c12-6-1-2-8(9(13)3-6)11(17)15-7-4-10(16)14-5-7/h1-3,7H,4-5,12-13H2,(H,14,16)(H,15,17). The van der Waals surface area contributed by atoms with E-state index >= 15 is 0 Å². The van der Waals surface area contributed by atoms with Crippen molar-refractivity contribution in [3.63, 3.8) is 0 Å². The maximum Gasteiger partial charge on any atom is 0.253 e. The fraction of sp³-hybridized carbons (Fsp3) is 0.273. The predicted octanol–water partition coefficient (Wildman–Crippen LogP) is -0.531. The van der Waals surface area contributed by atoms with E-state index in [-0.39, 0.29) is 17.9 Å². The Bertz CT molecular complexity index is 473. The van der Waals surface area contributed by atoms with Crippen LogP contribution in [-0.2, 0) is 4.79 Å². The Kier molecular flexibility index (Phi) is 2.86. The number of carbonyl (C=O) groups excluding carboxylic acids is 2. The van der Waals surface area contributed by atoms with Crippen LogP contribution >= 0.6 is 0 Å². The van der Waals surface area contributed by atoms with Crippen molar-refractivity contribution in [3.8, 4) is 0 Å². The summed E-state index contributed by atoms with van der Waals surface area (Å²) in [6.07, 6.45) is 0.306. The Balaban J connectivity index is 2.07. The van der Waals surface area contributed by atoms with Crippen LogP contribution in [0, 0.1) is 0 Å². The Labute approximate surface area is 98.4 Å². The van der Waals surface area contributed by atoms with Gasteiger partial charge in [0.05, 0.1) is 11.6 Å². The summed E-state index contributed by atoms with van der Waals surface area (Å²) in [7, 11) is 0. The fourth-order valence-corrected chi connectivity index (χ4v) is 1.76. The van der Waals surface area contributed by atoms with Crippen LogP contribution in [0.4, 0.5) is 11.4 Å². The monoisotopic (exact) mass is 234 g/mol. The number of amides is 2. The number of anilines is 2. The Morgan fingerprint density at radius 3 is 2.76 bits per heavy atom. The van der Waals surface area contributed by atoms with E-state index in [9.17, 15) is 9.59 Å². The van der Waals surface area contributed by atoms with Gasteiger partial charge in [0.2, 0.25) is 5.91 Å². The SMILES string of the molecule is Nc1ccc(C(=O)NC2CNC(=O)C2)c(N)c1. The second-order valence-corrected chi connectivity index (χ2v) is 4.03. The van der Waals surface area contributed by atoms with Crippen LogP contribution in [0.15, 0.2) is 18.2 Å². The van der Waals surface area contributed by atoms with Gasteiger partial charge in [-0.25, -0.2) is 0 Å². The van der Waals surface area contributed by atoms with E-state index in [1.807, 2.05) is 0 Å². The van der Waals surface area contributed by atoms with Crippen LogP contribution in [0.25, 0.3) is 0 Å². The maximum absolute atomic E-state index is 11.9. The zero-order valence-corrected chi connectivity index (χ0v) is 9.19. The highest BCUT2D eigenvalue weighted by Crippen LogP contribution is 2.16. The van der Waals surface area contributed by atoms with Crippen molar-refractivity contribution in [2.24, 2.45) is 0 Å². The van der Waals surface area contributed by atoms with Gasteiger partial charge in [-0.15, -0.1) is 0 Å². The minimum Gasteiger partial charge on any atom is -0.399 e. The van der Waals surface area contributed by atoms with Crippen LogP contribution in [0.3, 0.4) is 0 Å². The summed E-state index contributed by atoms with van der Waals surface area (Å²) in [6.45, 7) is 0.458. The average Bonchev–Trinajstić information content (AvgIpc) is 2.63. The van der Waals surface area contributed by atoms with E-state index in [1.165, 1.54) is 6.07 Å². The Morgan fingerprint density at radius 1 is 1.41 bits per heavy atom. The highest BCUT2D eigenvalue weighted by molar-refractivity contribution is 6.00. The van der Waals surface area contributed by atoms with Crippen molar-refractivity contribution < 1.29 is 9.59 Å². The maximum atomic E-state index is 11.9. The van der Waals surface area contributed by atoms with Gasteiger partial charge in [0.25, 0.3) is 5.91 Å². The van der Waals surface area contributed by atoms with Crippen molar-refractivity contribution in [1.29, 1.82) is 0 Å². The number of rotatable bonds is 2. The molecular formula is C11H14N4O2. The van der Waals surface area contributed by atoms with Gasteiger partial charge < -0.3 is 22.1 Å². The highest BCUT2D eigenvalue weighted by Gasteiger charge is 2.23. The summed E-state index contributed by atoms with van der Waals surface area (Å²) in [6, 6.07) is 4.55. The topological polar surface area (TPSA) is 110 Å². The zero-order valence-electron chi connectivity index (χ0n) is 9.19. The van der Waals surface area contributed by atoms with Gasteiger partial charge in [0, 0.05) is 24.3 Å². The molecule has 6 heteroatoms. The molecule has 1 heterocycles. The van der Waals surface area contributed by atoms with Crippen molar-refractivity contribution in [2.45, 2.75) is 12.5 Å². The van der Waals surface area contributed by atoms with Crippen LogP contribution in [0.2, 0.25) is 0 Å². The first-order valence-corrected chi connectivity index (χ1v) is 5.29. The summed E-state index contributed by atoms with van der Waals surface area (Å²) < 4.78 is 0. The average molecular weight is 234 g/mol. The number of benzene rings is 1. The molecule has 6 nitrogen and oxygen atoms in total. The van der Waals surface area contributed by atoms with Gasteiger partial charge in [0.1, 0.15) is 0 Å². The molecule has 0 bridgehead atoms. The molecule has 6 N–H and O–H groups in total.